The van der Waals surface area contributed by atoms with E-state index < -0.39 is 18.3 Å². The first-order valence-electron chi connectivity index (χ1n) is 11.3. The zero-order valence-electron chi connectivity index (χ0n) is 18.5. The van der Waals surface area contributed by atoms with E-state index in [0.29, 0.717) is 33.0 Å². The molecule has 0 amide bonds. The number of hydrogen-bond donors (Lipinski definition) is 0. The maximum Gasteiger partial charge on any atom is 0.338 e. The van der Waals surface area contributed by atoms with E-state index in [4.69, 9.17) is 23.7 Å². The van der Waals surface area contributed by atoms with Gasteiger partial charge in [0.15, 0.2) is 12.2 Å². The van der Waals surface area contributed by atoms with Crippen LogP contribution in [0.25, 0.3) is 0 Å². The molecular formula is C22H42O6. The van der Waals surface area contributed by atoms with Crippen LogP contribution < -0.4 is 0 Å². The van der Waals surface area contributed by atoms with Crippen LogP contribution in [0.4, 0.5) is 0 Å². The number of hydrogen-bond acceptors (Lipinski definition) is 6. The van der Waals surface area contributed by atoms with Crippen molar-refractivity contribution < 1.29 is 28.5 Å². The van der Waals surface area contributed by atoms with Gasteiger partial charge in [-0.05, 0) is 25.7 Å². The maximum absolute atomic E-state index is 12.7. The highest BCUT2D eigenvalue weighted by Crippen LogP contribution is 2.26. The second-order valence-corrected chi connectivity index (χ2v) is 7.43. The standard InChI is InChI=1S/C22H42O6/c1-5-9-13-24-17-18-19(25-14-10-6-2)20(26-15-11-7-3)21(22(23)28-18)27-16-12-8-4/h18-21H,5-17H2,1-4H3. The van der Waals surface area contributed by atoms with Gasteiger partial charge in [-0.25, -0.2) is 4.79 Å². The highest BCUT2D eigenvalue weighted by atomic mass is 16.6. The molecule has 1 saturated heterocycles. The van der Waals surface area contributed by atoms with E-state index in [1.54, 1.807) is 0 Å². The molecule has 1 fully saturated rings. The van der Waals surface area contributed by atoms with Gasteiger partial charge in [-0.15, -0.1) is 0 Å². The Kier molecular flexibility index (Phi) is 14.6. The summed E-state index contributed by atoms with van der Waals surface area (Å²) in [6, 6.07) is 0. The van der Waals surface area contributed by atoms with Crippen LogP contribution in [0.2, 0.25) is 0 Å². The summed E-state index contributed by atoms with van der Waals surface area (Å²) < 4.78 is 29.6. The van der Waals surface area contributed by atoms with Crippen molar-refractivity contribution in [2.24, 2.45) is 0 Å². The minimum atomic E-state index is -0.734. The summed E-state index contributed by atoms with van der Waals surface area (Å²) in [6.45, 7) is 11.2. The largest absolute Gasteiger partial charge is 0.455 e. The Morgan fingerprint density at radius 1 is 0.714 bits per heavy atom. The van der Waals surface area contributed by atoms with Gasteiger partial charge >= 0.3 is 5.97 Å². The number of esters is 1. The third-order valence-electron chi connectivity index (χ3n) is 4.82. The van der Waals surface area contributed by atoms with Gasteiger partial charge in [0.2, 0.25) is 0 Å². The molecule has 28 heavy (non-hydrogen) atoms. The second-order valence-electron chi connectivity index (χ2n) is 7.43. The summed E-state index contributed by atoms with van der Waals surface area (Å²) in [7, 11) is 0. The fourth-order valence-electron chi connectivity index (χ4n) is 3.01. The summed E-state index contributed by atoms with van der Waals surface area (Å²) in [5.74, 6) is -0.364. The second kappa shape index (κ2) is 16.1. The first-order chi connectivity index (χ1) is 13.7. The van der Waals surface area contributed by atoms with Gasteiger partial charge < -0.3 is 23.7 Å². The molecule has 0 radical (unpaired) electrons. The van der Waals surface area contributed by atoms with Crippen LogP contribution in [0.3, 0.4) is 0 Å². The molecule has 6 heteroatoms. The summed E-state index contributed by atoms with van der Waals surface area (Å²) in [5.41, 5.74) is 0. The van der Waals surface area contributed by atoms with Crippen LogP contribution in [0, 0.1) is 0 Å². The van der Waals surface area contributed by atoms with Crippen molar-refractivity contribution >= 4 is 5.97 Å². The topological polar surface area (TPSA) is 63.2 Å². The summed E-state index contributed by atoms with van der Waals surface area (Å²) in [5, 5.41) is 0. The Balaban J connectivity index is 2.86. The Bertz CT molecular complexity index is 389. The van der Waals surface area contributed by atoms with Gasteiger partial charge in [-0.1, -0.05) is 53.4 Å². The first-order valence-corrected chi connectivity index (χ1v) is 11.3. The average molecular weight is 403 g/mol. The molecule has 4 unspecified atom stereocenters. The van der Waals surface area contributed by atoms with E-state index in [1.165, 1.54) is 0 Å². The van der Waals surface area contributed by atoms with Crippen molar-refractivity contribution in [1.82, 2.24) is 0 Å². The molecule has 1 rings (SSSR count). The van der Waals surface area contributed by atoms with Gasteiger partial charge in [-0.3, -0.25) is 0 Å². The lowest BCUT2D eigenvalue weighted by molar-refractivity contribution is -0.233. The van der Waals surface area contributed by atoms with Gasteiger partial charge in [0.25, 0.3) is 0 Å². The predicted molar refractivity (Wildman–Crippen MR) is 110 cm³/mol. The maximum atomic E-state index is 12.7. The van der Waals surface area contributed by atoms with Crippen molar-refractivity contribution in [2.75, 3.05) is 33.0 Å². The van der Waals surface area contributed by atoms with Crippen LogP contribution in [0.5, 0.6) is 0 Å². The molecule has 6 nitrogen and oxygen atoms in total. The van der Waals surface area contributed by atoms with E-state index in [2.05, 4.69) is 27.7 Å². The minimum Gasteiger partial charge on any atom is -0.455 e. The van der Waals surface area contributed by atoms with Gasteiger partial charge in [0, 0.05) is 26.4 Å². The molecule has 4 atom stereocenters. The lowest BCUT2D eigenvalue weighted by Crippen LogP contribution is -2.60. The molecule has 1 aliphatic heterocycles. The molecule has 1 heterocycles. The normalized spacial score (nSPS) is 25.1. The average Bonchev–Trinajstić information content (AvgIpc) is 2.69. The molecule has 0 aromatic carbocycles. The number of cyclic esters (lactones) is 1. The van der Waals surface area contributed by atoms with Crippen LogP contribution in [0.1, 0.15) is 79.1 Å². The van der Waals surface area contributed by atoms with Crippen LogP contribution in [-0.4, -0.2) is 63.4 Å². The van der Waals surface area contributed by atoms with Gasteiger partial charge in [0.05, 0.1) is 6.61 Å². The third-order valence-corrected chi connectivity index (χ3v) is 4.82. The summed E-state index contributed by atoms with van der Waals surface area (Å²) >= 11 is 0. The Morgan fingerprint density at radius 3 is 1.79 bits per heavy atom. The minimum absolute atomic E-state index is 0.331. The van der Waals surface area contributed by atoms with Crippen molar-refractivity contribution in [2.45, 2.75) is 103 Å². The monoisotopic (exact) mass is 402 g/mol. The molecule has 0 aliphatic carbocycles. The molecule has 1 aliphatic rings. The van der Waals surface area contributed by atoms with E-state index in [1.807, 2.05) is 0 Å². The molecule has 0 aromatic heterocycles. The Hall–Kier alpha value is -0.690. The Morgan fingerprint density at radius 2 is 1.21 bits per heavy atom. The number of carbonyl (C=O) groups excluding carboxylic acids is 1. The smallest absolute Gasteiger partial charge is 0.338 e. The lowest BCUT2D eigenvalue weighted by atomic mass is 9.98. The number of unbranched alkanes of at least 4 members (excludes halogenated alkanes) is 4. The van der Waals surface area contributed by atoms with Crippen LogP contribution in [0.15, 0.2) is 0 Å². The molecular weight excluding hydrogens is 360 g/mol. The zero-order valence-corrected chi connectivity index (χ0v) is 18.5. The quantitative estimate of drug-likeness (QED) is 0.267. The molecule has 0 bridgehead atoms. The zero-order chi connectivity index (χ0) is 20.6. The molecule has 0 spiro atoms. The van der Waals surface area contributed by atoms with Gasteiger partial charge in [0.1, 0.15) is 12.2 Å². The van der Waals surface area contributed by atoms with Gasteiger partial charge in [-0.2, -0.15) is 0 Å². The van der Waals surface area contributed by atoms with E-state index >= 15 is 0 Å². The van der Waals surface area contributed by atoms with Crippen molar-refractivity contribution in [3.05, 3.63) is 0 Å². The summed E-state index contributed by atoms with van der Waals surface area (Å²) in [6.07, 6.45) is 5.91. The van der Waals surface area contributed by atoms with E-state index in [0.717, 1.165) is 51.4 Å². The van der Waals surface area contributed by atoms with Crippen LogP contribution >= 0.6 is 0 Å². The fraction of sp³-hybridized carbons (Fsp3) is 0.955. The predicted octanol–water partition coefficient (Wildman–Crippen LogP) is 4.28. The summed E-state index contributed by atoms with van der Waals surface area (Å²) in [4.78, 5) is 12.7. The number of ether oxygens (including phenoxy) is 5. The van der Waals surface area contributed by atoms with Crippen LogP contribution in [-0.2, 0) is 28.5 Å². The molecule has 166 valence electrons. The number of carbonyl (C=O) groups is 1. The van der Waals surface area contributed by atoms with Crippen molar-refractivity contribution in [3.63, 3.8) is 0 Å². The highest BCUT2D eigenvalue weighted by molar-refractivity contribution is 5.77. The highest BCUT2D eigenvalue weighted by Gasteiger charge is 2.48. The van der Waals surface area contributed by atoms with Crippen molar-refractivity contribution in [3.8, 4) is 0 Å². The SMILES string of the molecule is CCCCOCC1OC(=O)C(OCCCC)C(OCCCC)C1OCCCC. The third kappa shape index (κ3) is 9.21. The number of rotatable bonds is 17. The molecule has 0 N–H and O–H groups in total. The fourth-order valence-corrected chi connectivity index (χ4v) is 3.01. The first kappa shape index (κ1) is 25.3. The Labute approximate surface area is 171 Å². The molecule has 0 aromatic rings. The van der Waals surface area contributed by atoms with E-state index in [9.17, 15) is 4.79 Å². The van der Waals surface area contributed by atoms with E-state index in [-0.39, 0.29) is 12.1 Å². The van der Waals surface area contributed by atoms with Crippen molar-refractivity contribution in [1.29, 1.82) is 0 Å². The lowest BCUT2D eigenvalue weighted by Gasteiger charge is -2.41. The molecule has 0 saturated carbocycles.